The second kappa shape index (κ2) is 30.0. The summed E-state index contributed by atoms with van der Waals surface area (Å²) in [4.78, 5) is 50.9. The molecular formula is C41H59N3O15. The van der Waals surface area contributed by atoms with Crippen molar-refractivity contribution in [1.29, 1.82) is 0 Å². The topological polar surface area (TPSA) is 197 Å². The van der Waals surface area contributed by atoms with Gasteiger partial charge in [0.25, 0.3) is 11.8 Å². The molecule has 0 bridgehead atoms. The quantitative estimate of drug-likeness (QED) is 0.0744. The summed E-state index contributed by atoms with van der Waals surface area (Å²) in [5.41, 5.74) is 0.905. The summed E-state index contributed by atoms with van der Waals surface area (Å²) >= 11 is 0. The molecule has 59 heavy (non-hydrogen) atoms. The number of fused-ring (bicyclic) bond motifs is 1. The molecule has 4 rings (SSSR count). The predicted octanol–water partition coefficient (Wildman–Crippen LogP) is 1.74. The van der Waals surface area contributed by atoms with Gasteiger partial charge < -0.3 is 57.4 Å². The van der Waals surface area contributed by atoms with Gasteiger partial charge in [-0.25, -0.2) is 0 Å². The van der Waals surface area contributed by atoms with Gasteiger partial charge in [-0.1, -0.05) is 24.3 Å². The third-order valence-electron chi connectivity index (χ3n) is 8.62. The molecule has 0 aromatic heterocycles. The summed E-state index contributed by atoms with van der Waals surface area (Å²) in [6.07, 6.45) is 0.167. The molecule has 1 unspecified atom stereocenters. The first kappa shape index (κ1) is 47.6. The minimum atomic E-state index is -1.01. The maximum absolute atomic E-state index is 13.2. The third-order valence-corrected chi connectivity index (χ3v) is 8.62. The van der Waals surface area contributed by atoms with E-state index in [0.29, 0.717) is 151 Å². The highest BCUT2D eigenvalue weighted by Crippen LogP contribution is 2.32. The van der Waals surface area contributed by atoms with E-state index in [0.717, 1.165) is 10.6 Å². The van der Waals surface area contributed by atoms with E-state index in [-0.39, 0.29) is 24.0 Å². The molecule has 2 N–H and O–H groups in total. The monoisotopic (exact) mass is 833 g/mol. The molecular weight excluding hydrogens is 774 g/mol. The van der Waals surface area contributed by atoms with Crippen LogP contribution in [0.25, 0.3) is 0 Å². The standard InChI is InChI=1S/C41H59N3O15/c45-37-10-9-36(39(46)43-37)44-40(47)34-7-4-8-35(38(34)41(44)48)42-11-12-49-13-14-50-15-16-51-17-18-52-19-20-53-21-22-54-23-24-55-25-26-56-27-28-57-29-30-58-31-32-59-33-5-2-1-3-6-33/h1-8,36,42H,9-32H2,(H,43,45,46). The van der Waals surface area contributed by atoms with Gasteiger partial charge in [-0.05, 0) is 30.7 Å². The van der Waals surface area contributed by atoms with Gasteiger partial charge >= 0.3 is 0 Å². The first-order valence-corrected chi connectivity index (χ1v) is 20.1. The zero-order valence-corrected chi connectivity index (χ0v) is 33.7. The second-order valence-corrected chi connectivity index (χ2v) is 12.9. The van der Waals surface area contributed by atoms with Crippen molar-refractivity contribution in [3.63, 3.8) is 0 Å². The fraction of sp³-hybridized carbons (Fsp3) is 0.610. The van der Waals surface area contributed by atoms with Gasteiger partial charge in [0.2, 0.25) is 11.8 Å². The first-order chi connectivity index (χ1) is 29.1. The minimum Gasteiger partial charge on any atom is -0.491 e. The maximum atomic E-state index is 13.2. The summed E-state index contributed by atoms with van der Waals surface area (Å²) < 4.78 is 60.6. The van der Waals surface area contributed by atoms with Gasteiger partial charge in [-0.2, -0.15) is 0 Å². The zero-order chi connectivity index (χ0) is 41.6. The number of hydrogen-bond acceptors (Lipinski definition) is 16. The van der Waals surface area contributed by atoms with E-state index in [4.69, 9.17) is 52.1 Å². The Morgan fingerprint density at radius 2 is 0.949 bits per heavy atom. The Morgan fingerprint density at radius 3 is 1.41 bits per heavy atom. The van der Waals surface area contributed by atoms with Crippen LogP contribution in [0.2, 0.25) is 0 Å². The largest absolute Gasteiger partial charge is 0.491 e. The van der Waals surface area contributed by atoms with Crippen LogP contribution >= 0.6 is 0 Å². The van der Waals surface area contributed by atoms with Crippen LogP contribution < -0.4 is 15.4 Å². The number of rotatable bonds is 36. The van der Waals surface area contributed by atoms with Gasteiger partial charge in [0.05, 0.1) is 143 Å². The lowest BCUT2D eigenvalue weighted by atomic mass is 10.0. The zero-order valence-electron chi connectivity index (χ0n) is 33.7. The number of ether oxygens (including phenoxy) is 11. The molecule has 0 saturated carbocycles. The highest BCUT2D eigenvalue weighted by Gasteiger charge is 2.45. The fourth-order valence-corrected chi connectivity index (χ4v) is 5.74. The van der Waals surface area contributed by atoms with Gasteiger partial charge in [0.1, 0.15) is 18.4 Å². The SMILES string of the molecule is O=C1CCC(N2C(=O)c3cccc(NCCOCCOCCOCCOCCOCCOCCOCCOCCOCCOCCOc4ccccc4)c3C2=O)C(=O)N1. The Morgan fingerprint density at radius 1 is 0.508 bits per heavy atom. The van der Waals surface area contributed by atoms with Crippen LogP contribution in [-0.4, -0.2) is 180 Å². The molecule has 1 atom stereocenters. The molecule has 0 spiro atoms. The van der Waals surface area contributed by atoms with Crippen molar-refractivity contribution < 1.29 is 71.3 Å². The molecule has 18 heteroatoms. The maximum Gasteiger partial charge on any atom is 0.264 e. The molecule has 2 aliphatic heterocycles. The van der Waals surface area contributed by atoms with E-state index in [2.05, 4.69) is 10.6 Å². The van der Waals surface area contributed by atoms with Crippen LogP contribution in [-0.2, 0) is 57.0 Å². The normalized spacial score (nSPS) is 15.2. The fourth-order valence-electron chi connectivity index (χ4n) is 5.74. The lowest BCUT2D eigenvalue weighted by molar-refractivity contribution is -0.136. The molecule has 2 aromatic carbocycles. The number of nitrogens with zero attached hydrogens (tertiary/aromatic N) is 1. The number of nitrogens with one attached hydrogen (secondary N) is 2. The number of hydrogen-bond donors (Lipinski definition) is 2. The highest BCUT2D eigenvalue weighted by molar-refractivity contribution is 6.25. The molecule has 1 fully saturated rings. The van der Waals surface area contributed by atoms with Gasteiger partial charge in [0.15, 0.2) is 0 Å². The minimum absolute atomic E-state index is 0.0646. The molecule has 0 aliphatic carbocycles. The Balaban J connectivity index is 0.817. The lowest BCUT2D eigenvalue weighted by Gasteiger charge is -2.27. The van der Waals surface area contributed by atoms with Crippen molar-refractivity contribution in [3.05, 3.63) is 59.7 Å². The van der Waals surface area contributed by atoms with Crippen molar-refractivity contribution >= 4 is 29.3 Å². The Kier molecular flexibility index (Phi) is 24.2. The number of carbonyl (C=O) groups excluding carboxylic acids is 4. The summed E-state index contributed by atoms with van der Waals surface area (Å²) in [6.45, 7) is 10.0. The van der Waals surface area contributed by atoms with Crippen molar-refractivity contribution in [2.45, 2.75) is 18.9 Å². The summed E-state index contributed by atoms with van der Waals surface area (Å²) in [5.74, 6) is -1.34. The van der Waals surface area contributed by atoms with Crippen molar-refractivity contribution in [1.82, 2.24) is 10.2 Å². The van der Waals surface area contributed by atoms with E-state index in [1.807, 2.05) is 30.3 Å². The Hall–Kier alpha value is -4.08. The number of benzene rings is 2. The van der Waals surface area contributed by atoms with Crippen LogP contribution in [0.4, 0.5) is 5.69 Å². The molecule has 1 saturated heterocycles. The number of para-hydroxylation sites is 1. The van der Waals surface area contributed by atoms with Gasteiger partial charge in [0, 0.05) is 18.7 Å². The average Bonchev–Trinajstić information content (AvgIpc) is 3.50. The van der Waals surface area contributed by atoms with E-state index in [9.17, 15) is 19.2 Å². The number of anilines is 1. The number of imide groups is 2. The molecule has 2 aromatic rings. The van der Waals surface area contributed by atoms with Crippen LogP contribution in [0.3, 0.4) is 0 Å². The van der Waals surface area contributed by atoms with Crippen molar-refractivity contribution in [2.24, 2.45) is 0 Å². The molecule has 2 heterocycles. The summed E-state index contributed by atoms with van der Waals surface area (Å²) in [5, 5.41) is 5.33. The molecule has 328 valence electrons. The number of piperidine rings is 1. The van der Waals surface area contributed by atoms with Crippen LogP contribution in [0.15, 0.2) is 48.5 Å². The van der Waals surface area contributed by atoms with Crippen LogP contribution in [0.1, 0.15) is 33.6 Å². The van der Waals surface area contributed by atoms with Crippen molar-refractivity contribution in [2.75, 3.05) is 151 Å². The average molecular weight is 834 g/mol. The van der Waals surface area contributed by atoms with E-state index in [1.54, 1.807) is 18.2 Å². The molecule has 2 aliphatic rings. The summed E-state index contributed by atoms with van der Waals surface area (Å²) in [6, 6.07) is 13.5. The second-order valence-electron chi connectivity index (χ2n) is 12.9. The Bertz CT molecular complexity index is 1500. The van der Waals surface area contributed by atoms with Crippen LogP contribution in [0.5, 0.6) is 5.75 Å². The number of amides is 4. The lowest BCUT2D eigenvalue weighted by Crippen LogP contribution is -2.54. The van der Waals surface area contributed by atoms with E-state index < -0.39 is 29.7 Å². The molecule has 4 amide bonds. The molecule has 18 nitrogen and oxygen atoms in total. The third kappa shape index (κ3) is 18.8. The van der Waals surface area contributed by atoms with E-state index in [1.165, 1.54) is 0 Å². The van der Waals surface area contributed by atoms with E-state index >= 15 is 0 Å². The first-order valence-electron chi connectivity index (χ1n) is 20.1. The smallest absolute Gasteiger partial charge is 0.264 e. The van der Waals surface area contributed by atoms with Crippen molar-refractivity contribution in [3.8, 4) is 5.75 Å². The predicted molar refractivity (Wildman–Crippen MR) is 212 cm³/mol. The number of carbonyl (C=O) groups is 4. The summed E-state index contributed by atoms with van der Waals surface area (Å²) in [7, 11) is 0. The van der Waals surface area contributed by atoms with Gasteiger partial charge in [-0.3, -0.25) is 29.4 Å². The van der Waals surface area contributed by atoms with Gasteiger partial charge in [-0.15, -0.1) is 0 Å². The Labute approximate surface area is 345 Å². The molecule has 0 radical (unpaired) electrons. The highest BCUT2D eigenvalue weighted by atomic mass is 16.6. The van der Waals surface area contributed by atoms with Crippen LogP contribution in [0, 0.1) is 0 Å².